The molecule has 0 spiro atoms. The van der Waals surface area contributed by atoms with Gasteiger partial charge in [0.05, 0.1) is 11.2 Å². The average Bonchev–Trinajstić information content (AvgIpc) is 2.90. The Morgan fingerprint density at radius 3 is 2.23 bits per heavy atom. The third kappa shape index (κ3) is 6.55. The topological polar surface area (TPSA) is 95.9 Å². The highest BCUT2D eigenvalue weighted by atomic mass is 35.5. The normalized spacial score (nSPS) is 15.9. The van der Waals surface area contributed by atoms with Gasteiger partial charge in [-0.15, -0.1) is 12.4 Å². The van der Waals surface area contributed by atoms with Gasteiger partial charge in [0.15, 0.2) is 9.84 Å². The number of hydrogen-bond donors (Lipinski definition) is 1. The molecule has 0 fully saturated rings. The standard InChI is InChI=1S/C24H24ClN3O4S2.ClH/c1-28-15-18-5-3-4-6-22(18)24(17-7-9-19(25)10-8-17)26-23(28)16-34(31,32)21-13-11-20(12-14-21)27-33(2,29)30;/h3-14,24,27H,15-16H2,1-2H3;1H. The number of sulfone groups is 1. The number of anilines is 1. The lowest BCUT2D eigenvalue weighted by molar-refractivity contribution is 0.499. The Balaban J connectivity index is 0.00000342. The van der Waals surface area contributed by atoms with Crippen molar-refractivity contribution in [2.45, 2.75) is 17.5 Å². The second-order valence-corrected chi connectivity index (χ2v) is 12.4. The number of halogens is 2. The van der Waals surface area contributed by atoms with Crippen molar-refractivity contribution < 1.29 is 16.8 Å². The molecule has 1 aliphatic rings. The molecule has 1 atom stereocenters. The monoisotopic (exact) mass is 553 g/mol. The summed E-state index contributed by atoms with van der Waals surface area (Å²) in [5.74, 6) is 0.148. The highest BCUT2D eigenvalue weighted by molar-refractivity contribution is 7.92. The molecule has 1 unspecified atom stereocenters. The second kappa shape index (κ2) is 10.6. The fraction of sp³-hybridized carbons (Fsp3) is 0.208. The largest absolute Gasteiger partial charge is 0.358 e. The summed E-state index contributed by atoms with van der Waals surface area (Å²) < 4.78 is 51.7. The lowest BCUT2D eigenvalue weighted by Crippen LogP contribution is -2.32. The van der Waals surface area contributed by atoms with Crippen molar-refractivity contribution in [3.63, 3.8) is 0 Å². The van der Waals surface area contributed by atoms with Crippen LogP contribution in [0.3, 0.4) is 0 Å². The smallest absolute Gasteiger partial charge is 0.229 e. The van der Waals surface area contributed by atoms with Gasteiger partial charge in [0, 0.05) is 24.3 Å². The van der Waals surface area contributed by atoms with Crippen LogP contribution in [0.1, 0.15) is 22.7 Å². The summed E-state index contributed by atoms with van der Waals surface area (Å²) in [6, 6.07) is 20.6. The first-order chi connectivity index (χ1) is 16.0. The molecule has 0 saturated heterocycles. The van der Waals surface area contributed by atoms with E-state index in [4.69, 9.17) is 16.6 Å². The van der Waals surface area contributed by atoms with Crippen molar-refractivity contribution in [2.75, 3.05) is 23.8 Å². The van der Waals surface area contributed by atoms with Gasteiger partial charge in [0.25, 0.3) is 0 Å². The van der Waals surface area contributed by atoms with E-state index in [-0.39, 0.29) is 29.1 Å². The maximum absolute atomic E-state index is 13.3. The van der Waals surface area contributed by atoms with Crippen LogP contribution in [0, 0.1) is 0 Å². The molecule has 4 rings (SSSR count). The van der Waals surface area contributed by atoms with Crippen LogP contribution in [0.25, 0.3) is 0 Å². The SMILES string of the molecule is CN1Cc2ccccc2C(c2ccc(Cl)cc2)N=C1CS(=O)(=O)c1ccc(NS(C)(=O)=O)cc1.Cl. The minimum Gasteiger partial charge on any atom is -0.358 e. The van der Waals surface area contributed by atoms with Crippen LogP contribution in [0.5, 0.6) is 0 Å². The van der Waals surface area contributed by atoms with Gasteiger partial charge in [-0.25, -0.2) is 16.8 Å². The number of nitrogens with zero attached hydrogens (tertiary/aromatic N) is 2. The molecule has 11 heteroatoms. The lowest BCUT2D eigenvalue weighted by Gasteiger charge is -2.20. The molecule has 0 bridgehead atoms. The van der Waals surface area contributed by atoms with Gasteiger partial charge < -0.3 is 4.90 Å². The van der Waals surface area contributed by atoms with Crippen molar-refractivity contribution in [1.29, 1.82) is 0 Å². The van der Waals surface area contributed by atoms with Crippen LogP contribution in [-0.4, -0.2) is 46.6 Å². The van der Waals surface area contributed by atoms with Crippen molar-refractivity contribution in [3.8, 4) is 0 Å². The Hall–Kier alpha value is -2.59. The summed E-state index contributed by atoms with van der Waals surface area (Å²) in [6.45, 7) is 0.520. The fourth-order valence-corrected chi connectivity index (χ4v) is 5.90. The molecule has 3 aromatic carbocycles. The highest BCUT2D eigenvalue weighted by Gasteiger charge is 2.27. The van der Waals surface area contributed by atoms with Gasteiger partial charge in [-0.05, 0) is 53.1 Å². The van der Waals surface area contributed by atoms with E-state index in [9.17, 15) is 16.8 Å². The van der Waals surface area contributed by atoms with E-state index in [1.807, 2.05) is 48.3 Å². The van der Waals surface area contributed by atoms with Crippen molar-refractivity contribution in [1.82, 2.24) is 4.90 Å². The minimum absolute atomic E-state index is 0. The zero-order valence-electron chi connectivity index (χ0n) is 19.0. The molecule has 3 aromatic rings. The van der Waals surface area contributed by atoms with E-state index in [0.717, 1.165) is 22.9 Å². The molecule has 0 aliphatic carbocycles. The van der Waals surface area contributed by atoms with E-state index in [2.05, 4.69) is 4.72 Å². The van der Waals surface area contributed by atoms with Crippen molar-refractivity contribution >= 4 is 55.4 Å². The van der Waals surface area contributed by atoms with Crippen LogP contribution < -0.4 is 4.72 Å². The van der Waals surface area contributed by atoms with E-state index >= 15 is 0 Å². The molecular formula is C24H25Cl2N3O4S2. The molecule has 1 aliphatic heterocycles. The van der Waals surface area contributed by atoms with Crippen LogP contribution in [0.4, 0.5) is 5.69 Å². The van der Waals surface area contributed by atoms with Crippen molar-refractivity contribution in [3.05, 3.63) is 94.5 Å². The zero-order chi connectivity index (χ0) is 24.5. The summed E-state index contributed by atoms with van der Waals surface area (Å²) in [6.07, 6.45) is 1.03. The lowest BCUT2D eigenvalue weighted by atomic mass is 9.95. The molecule has 0 aromatic heterocycles. The number of hydrogen-bond acceptors (Lipinski definition) is 6. The number of benzene rings is 3. The van der Waals surface area contributed by atoms with Gasteiger partial charge in [0.1, 0.15) is 17.6 Å². The summed E-state index contributed by atoms with van der Waals surface area (Å²) in [4.78, 5) is 6.85. The molecule has 186 valence electrons. The Labute approximate surface area is 217 Å². The molecule has 7 nitrogen and oxygen atoms in total. The quantitative estimate of drug-likeness (QED) is 0.483. The number of sulfonamides is 1. The first-order valence-electron chi connectivity index (χ1n) is 10.4. The molecular weight excluding hydrogens is 529 g/mol. The van der Waals surface area contributed by atoms with Crippen LogP contribution in [0.2, 0.25) is 5.02 Å². The van der Waals surface area contributed by atoms with Crippen LogP contribution >= 0.6 is 24.0 Å². The maximum atomic E-state index is 13.3. The predicted molar refractivity (Wildman–Crippen MR) is 143 cm³/mol. The molecule has 1 N–H and O–H groups in total. The summed E-state index contributed by atoms with van der Waals surface area (Å²) >= 11 is 6.08. The number of aliphatic imine (C=N–C) groups is 1. The van der Waals surface area contributed by atoms with Crippen LogP contribution in [0.15, 0.2) is 82.7 Å². The molecule has 0 saturated carbocycles. The van der Waals surface area contributed by atoms with E-state index in [1.165, 1.54) is 24.3 Å². The Morgan fingerprint density at radius 1 is 0.971 bits per heavy atom. The molecule has 35 heavy (non-hydrogen) atoms. The first-order valence-corrected chi connectivity index (χ1v) is 14.4. The second-order valence-electron chi connectivity index (χ2n) is 8.21. The van der Waals surface area contributed by atoms with Gasteiger partial charge in [-0.2, -0.15) is 0 Å². The summed E-state index contributed by atoms with van der Waals surface area (Å²) in [5.41, 5.74) is 3.29. The van der Waals surface area contributed by atoms with Gasteiger partial charge >= 0.3 is 0 Å². The third-order valence-electron chi connectivity index (χ3n) is 5.50. The van der Waals surface area contributed by atoms with Crippen LogP contribution in [-0.2, 0) is 26.4 Å². The van der Waals surface area contributed by atoms with E-state index in [0.29, 0.717) is 23.1 Å². The van der Waals surface area contributed by atoms with Gasteiger partial charge in [-0.1, -0.05) is 48.0 Å². The number of rotatable bonds is 6. The first kappa shape index (κ1) is 27.0. The number of fused-ring (bicyclic) bond motifs is 1. The van der Waals surface area contributed by atoms with Crippen molar-refractivity contribution in [2.24, 2.45) is 4.99 Å². The van der Waals surface area contributed by atoms with E-state index < -0.39 is 19.9 Å². The third-order valence-corrected chi connectivity index (χ3v) is 7.98. The molecule has 0 radical (unpaired) electrons. The number of nitrogens with one attached hydrogen (secondary N) is 1. The average molecular weight is 555 g/mol. The molecule has 0 amide bonds. The Kier molecular flexibility index (Phi) is 8.16. The fourth-order valence-electron chi connectivity index (χ4n) is 3.85. The molecule has 1 heterocycles. The summed E-state index contributed by atoms with van der Waals surface area (Å²) in [5, 5.41) is 0.614. The Morgan fingerprint density at radius 2 is 1.60 bits per heavy atom. The minimum atomic E-state index is -3.74. The maximum Gasteiger partial charge on any atom is 0.229 e. The van der Waals surface area contributed by atoms with Gasteiger partial charge in [-0.3, -0.25) is 9.71 Å². The predicted octanol–water partition coefficient (Wildman–Crippen LogP) is 4.54. The van der Waals surface area contributed by atoms with E-state index in [1.54, 1.807) is 12.1 Å². The summed E-state index contributed by atoms with van der Waals surface area (Å²) in [7, 11) is -5.37. The Bertz CT molecular complexity index is 1440. The number of amidine groups is 1. The zero-order valence-corrected chi connectivity index (χ0v) is 22.3. The van der Waals surface area contributed by atoms with Gasteiger partial charge in [0.2, 0.25) is 10.0 Å². The highest BCUT2D eigenvalue weighted by Crippen LogP contribution is 2.33.